The van der Waals surface area contributed by atoms with Gasteiger partial charge in [0.15, 0.2) is 0 Å². The smallest absolute Gasteiger partial charge is 0.0952 e. The van der Waals surface area contributed by atoms with E-state index in [4.69, 9.17) is 16.3 Å². The van der Waals surface area contributed by atoms with Gasteiger partial charge in [0, 0.05) is 36.5 Å². The summed E-state index contributed by atoms with van der Waals surface area (Å²) in [5.41, 5.74) is 2.32. The Morgan fingerprint density at radius 1 is 1.38 bits per heavy atom. The summed E-state index contributed by atoms with van der Waals surface area (Å²) in [6.07, 6.45) is 3.59. The van der Waals surface area contributed by atoms with Crippen LogP contribution in [-0.4, -0.2) is 29.6 Å². The van der Waals surface area contributed by atoms with Gasteiger partial charge in [0.25, 0.3) is 0 Å². The summed E-state index contributed by atoms with van der Waals surface area (Å²) in [7, 11) is 0. The van der Waals surface area contributed by atoms with Crippen LogP contribution in [0.4, 0.5) is 0 Å². The highest BCUT2D eigenvalue weighted by Gasteiger charge is 2.22. The lowest BCUT2D eigenvalue weighted by Gasteiger charge is -2.33. The molecule has 1 saturated heterocycles. The minimum Gasteiger partial charge on any atom is -0.371 e. The van der Waals surface area contributed by atoms with Crippen LogP contribution in [-0.2, 0) is 11.3 Å². The maximum atomic E-state index is 6.19. The van der Waals surface area contributed by atoms with Gasteiger partial charge < -0.3 is 4.74 Å². The number of hydrogen-bond acceptors (Lipinski definition) is 3. The molecule has 1 aromatic carbocycles. The molecule has 1 aliphatic heterocycles. The van der Waals surface area contributed by atoms with Crippen LogP contribution in [0.3, 0.4) is 0 Å². The van der Waals surface area contributed by atoms with Crippen molar-refractivity contribution in [1.29, 1.82) is 0 Å². The van der Waals surface area contributed by atoms with Crippen LogP contribution in [0.15, 0.2) is 47.2 Å². The molecule has 0 spiro atoms. The summed E-state index contributed by atoms with van der Waals surface area (Å²) in [5, 5.41) is 0.725. The predicted molar refractivity (Wildman–Crippen MR) is 87.4 cm³/mol. The van der Waals surface area contributed by atoms with Gasteiger partial charge in [0.1, 0.15) is 0 Å². The molecular weight excluding hydrogens is 352 g/mol. The van der Waals surface area contributed by atoms with Gasteiger partial charge in [-0.05, 0) is 29.3 Å². The third kappa shape index (κ3) is 3.83. The number of aromatic nitrogens is 1. The van der Waals surface area contributed by atoms with E-state index in [0.29, 0.717) is 0 Å². The number of hydrogen-bond donors (Lipinski definition) is 0. The van der Waals surface area contributed by atoms with Crippen LogP contribution in [0, 0.1) is 0 Å². The maximum absolute atomic E-state index is 6.19. The van der Waals surface area contributed by atoms with Crippen molar-refractivity contribution in [2.75, 3.05) is 19.7 Å². The van der Waals surface area contributed by atoms with Crippen LogP contribution in [0.5, 0.6) is 0 Å². The molecule has 1 fully saturated rings. The van der Waals surface area contributed by atoms with Gasteiger partial charge in [-0.3, -0.25) is 9.88 Å². The first-order valence-corrected chi connectivity index (χ1v) is 8.07. The molecule has 0 N–H and O–H groups in total. The lowest BCUT2D eigenvalue weighted by atomic mass is 10.1. The third-order valence-electron chi connectivity index (χ3n) is 3.62. The lowest BCUT2D eigenvalue weighted by molar-refractivity contribution is -0.0329. The molecule has 0 aliphatic carbocycles. The molecule has 0 amide bonds. The number of halogens is 2. The lowest BCUT2D eigenvalue weighted by Crippen LogP contribution is -2.37. The molecule has 0 unspecified atom stereocenters. The Morgan fingerprint density at radius 2 is 2.29 bits per heavy atom. The van der Waals surface area contributed by atoms with E-state index in [1.807, 2.05) is 18.2 Å². The van der Waals surface area contributed by atoms with Crippen LogP contribution < -0.4 is 0 Å². The Balaban J connectivity index is 1.70. The first kappa shape index (κ1) is 15.0. The summed E-state index contributed by atoms with van der Waals surface area (Å²) in [6, 6.07) is 10.3. The zero-order valence-electron chi connectivity index (χ0n) is 11.5. The van der Waals surface area contributed by atoms with Gasteiger partial charge in [-0.25, -0.2) is 0 Å². The van der Waals surface area contributed by atoms with Crippen LogP contribution >= 0.6 is 27.5 Å². The molecular formula is C16H16BrClN2O. The fourth-order valence-corrected chi connectivity index (χ4v) is 3.12. The molecule has 0 saturated carbocycles. The van der Waals surface area contributed by atoms with Gasteiger partial charge in [0.2, 0.25) is 0 Å². The Hall–Kier alpha value is -0.940. The van der Waals surface area contributed by atoms with Gasteiger partial charge in [0.05, 0.1) is 17.7 Å². The zero-order chi connectivity index (χ0) is 14.7. The predicted octanol–water partition coefficient (Wildman–Crippen LogP) is 4.07. The molecule has 3 nitrogen and oxygen atoms in total. The van der Waals surface area contributed by atoms with E-state index in [0.717, 1.165) is 41.3 Å². The average molecular weight is 368 g/mol. The van der Waals surface area contributed by atoms with Gasteiger partial charge in [-0.1, -0.05) is 39.7 Å². The Bertz CT molecular complexity index is 623. The monoisotopic (exact) mass is 366 g/mol. The summed E-state index contributed by atoms with van der Waals surface area (Å²) >= 11 is 9.70. The van der Waals surface area contributed by atoms with Crippen molar-refractivity contribution in [2.24, 2.45) is 0 Å². The number of rotatable bonds is 3. The maximum Gasteiger partial charge on any atom is 0.0952 e. The highest BCUT2D eigenvalue weighted by atomic mass is 79.9. The normalized spacial score (nSPS) is 19.6. The standard InChI is InChI=1S/C16H16BrClN2O/c17-14-3-1-2-12(8-14)16-11-20(6-7-21-16)10-13-4-5-19-9-15(13)18/h1-5,8-9,16H,6-7,10-11H2/t16-/m1/s1. The van der Waals surface area contributed by atoms with Crippen molar-refractivity contribution in [3.63, 3.8) is 0 Å². The SMILES string of the molecule is Clc1cnccc1CN1CCO[C@@H](c2cccc(Br)c2)C1. The van der Waals surface area contributed by atoms with Crippen molar-refractivity contribution in [3.05, 3.63) is 63.3 Å². The minimum absolute atomic E-state index is 0.108. The molecule has 1 aliphatic rings. The van der Waals surface area contributed by atoms with Crippen molar-refractivity contribution >= 4 is 27.5 Å². The largest absolute Gasteiger partial charge is 0.371 e. The molecule has 1 atom stereocenters. The zero-order valence-corrected chi connectivity index (χ0v) is 13.8. The summed E-state index contributed by atoms with van der Waals surface area (Å²) in [4.78, 5) is 6.40. The molecule has 0 radical (unpaired) electrons. The molecule has 1 aromatic heterocycles. The van der Waals surface area contributed by atoms with Crippen LogP contribution in [0.25, 0.3) is 0 Å². The molecule has 3 rings (SSSR count). The minimum atomic E-state index is 0.108. The quantitative estimate of drug-likeness (QED) is 0.817. The highest BCUT2D eigenvalue weighted by molar-refractivity contribution is 9.10. The number of benzene rings is 1. The van der Waals surface area contributed by atoms with Crippen LogP contribution in [0.1, 0.15) is 17.2 Å². The highest BCUT2D eigenvalue weighted by Crippen LogP contribution is 2.26. The van der Waals surface area contributed by atoms with Crippen LogP contribution in [0.2, 0.25) is 5.02 Å². The molecule has 2 aromatic rings. The fourth-order valence-electron chi connectivity index (χ4n) is 2.53. The first-order chi connectivity index (χ1) is 10.2. The van der Waals surface area contributed by atoms with E-state index < -0.39 is 0 Å². The van der Waals surface area contributed by atoms with E-state index in [-0.39, 0.29) is 6.10 Å². The molecule has 21 heavy (non-hydrogen) atoms. The van der Waals surface area contributed by atoms with Crippen molar-refractivity contribution in [1.82, 2.24) is 9.88 Å². The van der Waals surface area contributed by atoms with Crippen molar-refractivity contribution in [2.45, 2.75) is 12.6 Å². The second kappa shape index (κ2) is 6.88. The van der Waals surface area contributed by atoms with Crippen molar-refractivity contribution < 1.29 is 4.74 Å². The van der Waals surface area contributed by atoms with E-state index >= 15 is 0 Å². The topological polar surface area (TPSA) is 25.4 Å². The second-order valence-electron chi connectivity index (χ2n) is 5.12. The van der Waals surface area contributed by atoms with E-state index in [1.54, 1.807) is 12.4 Å². The Morgan fingerprint density at radius 3 is 3.10 bits per heavy atom. The van der Waals surface area contributed by atoms with Gasteiger partial charge in [-0.15, -0.1) is 0 Å². The van der Waals surface area contributed by atoms with E-state index in [9.17, 15) is 0 Å². The molecule has 110 valence electrons. The Labute approximate surface area is 138 Å². The number of morpholine rings is 1. The number of pyridine rings is 1. The summed E-state index contributed by atoms with van der Waals surface area (Å²) in [5.74, 6) is 0. The summed E-state index contributed by atoms with van der Waals surface area (Å²) in [6.45, 7) is 3.35. The molecule has 0 bridgehead atoms. The molecule has 2 heterocycles. The Kier molecular flexibility index (Phi) is 4.91. The third-order valence-corrected chi connectivity index (χ3v) is 4.45. The van der Waals surface area contributed by atoms with Gasteiger partial charge >= 0.3 is 0 Å². The van der Waals surface area contributed by atoms with Gasteiger partial charge in [-0.2, -0.15) is 0 Å². The van der Waals surface area contributed by atoms with E-state index in [2.05, 4.69) is 37.9 Å². The first-order valence-electron chi connectivity index (χ1n) is 6.90. The number of ether oxygens (including phenoxy) is 1. The number of nitrogens with zero attached hydrogens (tertiary/aromatic N) is 2. The average Bonchev–Trinajstić information content (AvgIpc) is 2.50. The van der Waals surface area contributed by atoms with E-state index in [1.165, 1.54) is 5.56 Å². The fraction of sp³-hybridized carbons (Fsp3) is 0.312. The summed E-state index contributed by atoms with van der Waals surface area (Å²) < 4.78 is 6.99. The van der Waals surface area contributed by atoms with Crippen molar-refractivity contribution in [3.8, 4) is 0 Å². The second-order valence-corrected chi connectivity index (χ2v) is 6.44. The molecule has 5 heteroatoms.